The molecule has 1 unspecified atom stereocenters. The van der Waals surface area contributed by atoms with Crippen molar-refractivity contribution in [1.82, 2.24) is 9.97 Å². The van der Waals surface area contributed by atoms with Gasteiger partial charge >= 0.3 is 5.97 Å². The molecule has 0 bridgehead atoms. The molecular weight excluding hydrogens is 242 g/mol. The highest BCUT2D eigenvalue weighted by atomic mass is 16.4. The fourth-order valence-corrected chi connectivity index (χ4v) is 1.80. The van der Waals surface area contributed by atoms with E-state index < -0.39 is 5.97 Å². The zero-order valence-corrected chi connectivity index (χ0v) is 12.3. The molecule has 1 rings (SSSR count). The van der Waals surface area contributed by atoms with Crippen LogP contribution in [0.4, 0.5) is 5.69 Å². The van der Waals surface area contributed by atoms with Gasteiger partial charge in [-0.1, -0.05) is 34.1 Å². The third-order valence-electron chi connectivity index (χ3n) is 3.20. The van der Waals surface area contributed by atoms with Gasteiger partial charge in [0, 0.05) is 19.5 Å². The summed E-state index contributed by atoms with van der Waals surface area (Å²) in [7, 11) is 1.88. The van der Waals surface area contributed by atoms with Crippen LogP contribution in [0.3, 0.4) is 0 Å². The number of aromatic nitrogens is 2. The minimum absolute atomic E-state index is 0.0875. The average Bonchev–Trinajstić information content (AvgIpc) is 2.37. The predicted molar refractivity (Wildman–Crippen MR) is 75.8 cm³/mol. The Morgan fingerprint density at radius 3 is 2.53 bits per heavy atom. The van der Waals surface area contributed by atoms with Crippen molar-refractivity contribution in [2.75, 3.05) is 18.5 Å². The van der Waals surface area contributed by atoms with Gasteiger partial charge in [-0.3, -0.25) is 0 Å². The van der Waals surface area contributed by atoms with Gasteiger partial charge in [0.1, 0.15) is 5.82 Å². The number of nitrogens with zero attached hydrogens (tertiary/aromatic N) is 3. The second-order valence-corrected chi connectivity index (χ2v) is 5.32. The molecule has 0 aliphatic heterocycles. The maximum absolute atomic E-state index is 11.3. The molecule has 19 heavy (non-hydrogen) atoms. The molecule has 0 spiro atoms. The maximum atomic E-state index is 11.3. The average molecular weight is 265 g/mol. The molecule has 0 radical (unpaired) electrons. The molecule has 1 aromatic rings. The SMILES string of the molecule is CCC(C)CN(C)c1cnc(C(C)C)nc1C(=O)O. The van der Waals surface area contributed by atoms with E-state index in [1.54, 1.807) is 6.20 Å². The highest BCUT2D eigenvalue weighted by Crippen LogP contribution is 2.20. The molecule has 1 aromatic heterocycles. The molecule has 0 amide bonds. The topological polar surface area (TPSA) is 66.3 Å². The molecule has 5 nitrogen and oxygen atoms in total. The van der Waals surface area contributed by atoms with Crippen LogP contribution in [-0.2, 0) is 0 Å². The lowest BCUT2D eigenvalue weighted by atomic mass is 10.1. The summed E-state index contributed by atoms with van der Waals surface area (Å²) >= 11 is 0. The van der Waals surface area contributed by atoms with E-state index >= 15 is 0 Å². The molecule has 0 aliphatic carbocycles. The van der Waals surface area contributed by atoms with Gasteiger partial charge < -0.3 is 10.0 Å². The summed E-state index contributed by atoms with van der Waals surface area (Å²) in [5.74, 6) is 0.178. The lowest BCUT2D eigenvalue weighted by Crippen LogP contribution is -2.26. The van der Waals surface area contributed by atoms with E-state index in [0.29, 0.717) is 17.4 Å². The largest absolute Gasteiger partial charge is 0.476 e. The van der Waals surface area contributed by atoms with Gasteiger partial charge in [-0.25, -0.2) is 14.8 Å². The van der Waals surface area contributed by atoms with Crippen LogP contribution < -0.4 is 4.90 Å². The first-order valence-corrected chi connectivity index (χ1v) is 6.68. The Hall–Kier alpha value is -1.65. The van der Waals surface area contributed by atoms with Crippen molar-refractivity contribution in [3.63, 3.8) is 0 Å². The van der Waals surface area contributed by atoms with E-state index in [2.05, 4.69) is 23.8 Å². The smallest absolute Gasteiger partial charge is 0.356 e. The Kier molecular flexibility index (Phi) is 5.27. The number of hydrogen-bond donors (Lipinski definition) is 1. The van der Waals surface area contributed by atoms with Gasteiger partial charge in [0.25, 0.3) is 0 Å². The van der Waals surface area contributed by atoms with Gasteiger partial charge in [-0.15, -0.1) is 0 Å². The number of carboxylic acid groups (broad SMARTS) is 1. The van der Waals surface area contributed by atoms with Crippen LogP contribution >= 0.6 is 0 Å². The summed E-state index contributed by atoms with van der Waals surface area (Å²) in [5.41, 5.74) is 0.668. The fourth-order valence-electron chi connectivity index (χ4n) is 1.80. The normalized spacial score (nSPS) is 12.5. The van der Waals surface area contributed by atoms with E-state index in [4.69, 9.17) is 0 Å². The summed E-state index contributed by atoms with van der Waals surface area (Å²) in [4.78, 5) is 21.7. The zero-order valence-electron chi connectivity index (χ0n) is 12.3. The lowest BCUT2D eigenvalue weighted by Gasteiger charge is -2.23. The van der Waals surface area contributed by atoms with Crippen LogP contribution in [-0.4, -0.2) is 34.6 Å². The monoisotopic (exact) mass is 265 g/mol. The van der Waals surface area contributed by atoms with Crippen molar-refractivity contribution in [2.45, 2.75) is 40.0 Å². The molecule has 0 aromatic carbocycles. The van der Waals surface area contributed by atoms with Crippen molar-refractivity contribution in [3.05, 3.63) is 17.7 Å². The summed E-state index contributed by atoms with van der Waals surface area (Å²) < 4.78 is 0. The van der Waals surface area contributed by atoms with Crippen molar-refractivity contribution >= 4 is 11.7 Å². The molecule has 1 heterocycles. The van der Waals surface area contributed by atoms with E-state index in [1.807, 2.05) is 25.8 Å². The molecule has 0 aliphatic rings. The molecule has 0 saturated carbocycles. The van der Waals surface area contributed by atoms with Crippen molar-refractivity contribution < 1.29 is 9.90 Å². The van der Waals surface area contributed by atoms with Crippen molar-refractivity contribution in [1.29, 1.82) is 0 Å². The van der Waals surface area contributed by atoms with Crippen LogP contribution in [0.15, 0.2) is 6.20 Å². The minimum Gasteiger partial charge on any atom is -0.476 e. The maximum Gasteiger partial charge on any atom is 0.356 e. The third kappa shape index (κ3) is 3.91. The number of carbonyl (C=O) groups is 1. The first-order chi connectivity index (χ1) is 8.86. The van der Waals surface area contributed by atoms with E-state index in [1.165, 1.54) is 0 Å². The fraction of sp³-hybridized carbons (Fsp3) is 0.643. The van der Waals surface area contributed by atoms with Crippen molar-refractivity contribution in [3.8, 4) is 0 Å². The molecule has 1 N–H and O–H groups in total. The molecular formula is C14H23N3O2. The summed E-state index contributed by atoms with van der Waals surface area (Å²) in [6.45, 7) is 8.95. The van der Waals surface area contributed by atoms with Crippen molar-refractivity contribution in [2.24, 2.45) is 5.92 Å². The van der Waals surface area contributed by atoms with Crippen LogP contribution in [0.25, 0.3) is 0 Å². The molecule has 5 heteroatoms. The van der Waals surface area contributed by atoms with Gasteiger partial charge in [-0.05, 0) is 5.92 Å². The Morgan fingerprint density at radius 1 is 1.42 bits per heavy atom. The Labute approximate surface area is 114 Å². The van der Waals surface area contributed by atoms with Crippen LogP contribution in [0, 0.1) is 5.92 Å². The van der Waals surface area contributed by atoms with Crippen LogP contribution in [0.2, 0.25) is 0 Å². The summed E-state index contributed by atoms with van der Waals surface area (Å²) in [6.07, 6.45) is 2.67. The van der Waals surface area contributed by atoms with Gasteiger partial charge in [0.2, 0.25) is 0 Å². The van der Waals surface area contributed by atoms with Crippen LogP contribution in [0.1, 0.15) is 56.3 Å². The van der Waals surface area contributed by atoms with E-state index in [-0.39, 0.29) is 11.6 Å². The summed E-state index contributed by atoms with van der Waals surface area (Å²) in [6, 6.07) is 0. The summed E-state index contributed by atoms with van der Waals surface area (Å²) in [5, 5.41) is 9.30. The first-order valence-electron chi connectivity index (χ1n) is 6.68. The number of hydrogen-bond acceptors (Lipinski definition) is 4. The Morgan fingerprint density at radius 2 is 2.05 bits per heavy atom. The first kappa shape index (κ1) is 15.4. The molecule has 1 atom stereocenters. The molecule has 0 fully saturated rings. The second-order valence-electron chi connectivity index (χ2n) is 5.32. The highest BCUT2D eigenvalue weighted by Gasteiger charge is 2.19. The predicted octanol–water partition coefficient (Wildman–Crippen LogP) is 2.78. The highest BCUT2D eigenvalue weighted by molar-refractivity contribution is 5.91. The quantitative estimate of drug-likeness (QED) is 0.856. The molecule has 0 saturated heterocycles. The lowest BCUT2D eigenvalue weighted by molar-refractivity contribution is 0.0690. The minimum atomic E-state index is -1.00. The number of aromatic carboxylic acids is 1. The Bertz CT molecular complexity index is 446. The zero-order chi connectivity index (χ0) is 14.6. The van der Waals surface area contributed by atoms with Gasteiger partial charge in [0.15, 0.2) is 5.69 Å². The number of anilines is 1. The standard InChI is InChI=1S/C14H23N3O2/c1-6-10(4)8-17(5)11-7-15-13(9(2)3)16-12(11)14(18)19/h7,9-10H,6,8H2,1-5H3,(H,18,19). The third-order valence-corrected chi connectivity index (χ3v) is 3.20. The van der Waals surface area contributed by atoms with Gasteiger partial charge in [0.05, 0.1) is 11.9 Å². The number of carboxylic acids is 1. The number of rotatable bonds is 6. The van der Waals surface area contributed by atoms with Gasteiger partial charge in [-0.2, -0.15) is 0 Å². The van der Waals surface area contributed by atoms with E-state index in [0.717, 1.165) is 13.0 Å². The van der Waals surface area contributed by atoms with E-state index in [9.17, 15) is 9.90 Å². The molecule has 106 valence electrons. The van der Waals surface area contributed by atoms with Crippen LogP contribution in [0.5, 0.6) is 0 Å². The second kappa shape index (κ2) is 6.50. The Balaban J connectivity index is 3.09.